The number of carbonyl (C=O) groups excluding carboxylic acids is 1. The molecule has 0 heterocycles. The van der Waals surface area contributed by atoms with E-state index in [9.17, 15) is 4.79 Å². The maximum Gasteiger partial charge on any atom is 1.00 e. The van der Waals surface area contributed by atoms with Crippen molar-refractivity contribution >= 4 is 5.78 Å². The first-order valence-corrected chi connectivity index (χ1v) is 7.24. The first kappa shape index (κ1) is 25.4. The number of hydrogen-bond acceptors (Lipinski definition) is 2. The molecule has 0 bridgehead atoms. The zero-order chi connectivity index (χ0) is 14.6. The van der Waals surface area contributed by atoms with Crippen molar-refractivity contribution in [1.82, 2.24) is 4.90 Å². The monoisotopic (exact) mass is 342 g/mol. The van der Waals surface area contributed by atoms with Crippen molar-refractivity contribution < 1.29 is 63.0 Å². The van der Waals surface area contributed by atoms with Crippen LogP contribution in [0.1, 0.15) is 47.5 Å². The van der Waals surface area contributed by atoms with Gasteiger partial charge in [0.05, 0.1) is 0 Å². The van der Waals surface area contributed by atoms with Crippen LogP contribution in [-0.4, -0.2) is 44.4 Å². The molecule has 0 radical (unpaired) electrons. The molecule has 0 rings (SSSR count). The van der Waals surface area contributed by atoms with Crippen molar-refractivity contribution in [3.8, 4) is 0 Å². The third kappa shape index (κ3) is 19.4. The molecule has 0 aromatic heterocycles. The van der Waals surface area contributed by atoms with E-state index < -0.39 is 0 Å². The van der Waals surface area contributed by atoms with E-state index in [4.69, 9.17) is 0 Å². The zero-order valence-corrected chi connectivity index (χ0v) is 19.4. The van der Waals surface area contributed by atoms with Crippen LogP contribution in [0.3, 0.4) is 0 Å². The molecule has 0 fully saturated rings. The smallest absolute Gasteiger partial charge is 0.662 e. The summed E-state index contributed by atoms with van der Waals surface area (Å²) in [6.07, 6.45) is 1.78. The van der Waals surface area contributed by atoms with E-state index >= 15 is 0 Å². The van der Waals surface area contributed by atoms with Crippen LogP contribution in [0.25, 0.3) is 5.32 Å². The van der Waals surface area contributed by atoms with Crippen molar-refractivity contribution in [3.05, 3.63) is 5.32 Å². The predicted octanol–water partition coefficient (Wildman–Crippen LogP) is 0.593. The van der Waals surface area contributed by atoms with Gasteiger partial charge in [0.1, 0.15) is 5.78 Å². The second-order valence-electron chi connectivity index (χ2n) is 5.20. The first-order chi connectivity index (χ1) is 8.43. The average Bonchev–Trinajstić information content (AvgIpc) is 2.34. The van der Waals surface area contributed by atoms with Crippen LogP contribution < -0.4 is 58.2 Å². The van der Waals surface area contributed by atoms with Crippen molar-refractivity contribution in [2.45, 2.75) is 47.5 Å². The molecule has 1 atom stereocenters. The minimum absolute atomic E-state index is 0. The zero-order valence-electron chi connectivity index (χ0n) is 14.5. The number of hydrogen-bond donors (Lipinski definition) is 0. The molecule has 0 spiro atoms. The molecule has 0 amide bonds. The maximum atomic E-state index is 11.3. The topological polar surface area (TPSA) is 34.4 Å². The van der Waals surface area contributed by atoms with Gasteiger partial charge in [0.15, 0.2) is 0 Å². The third-order valence-corrected chi connectivity index (χ3v) is 2.67. The van der Waals surface area contributed by atoms with Gasteiger partial charge in [0, 0.05) is 5.92 Å². The number of nitrogens with zero attached hydrogens (tertiary/aromatic N) is 2. The molecular formula is C15H33N2ORb. The van der Waals surface area contributed by atoms with Gasteiger partial charge in [-0.2, -0.15) is 0 Å². The second kappa shape index (κ2) is 17.4. The Morgan fingerprint density at radius 2 is 1.68 bits per heavy atom. The fourth-order valence-electron chi connectivity index (χ4n) is 1.36. The normalized spacial score (nSPS) is 11.6. The summed E-state index contributed by atoms with van der Waals surface area (Å²) in [5.41, 5.74) is 0. The van der Waals surface area contributed by atoms with Gasteiger partial charge in [0.25, 0.3) is 0 Å². The minimum atomic E-state index is 0. The third-order valence-electron chi connectivity index (χ3n) is 2.67. The van der Waals surface area contributed by atoms with Crippen LogP contribution in [-0.2, 0) is 4.79 Å². The molecule has 0 aliphatic heterocycles. The van der Waals surface area contributed by atoms with E-state index in [2.05, 4.69) is 31.2 Å². The molecule has 1 unspecified atom stereocenters. The predicted molar refractivity (Wildman–Crippen MR) is 81.2 cm³/mol. The van der Waals surface area contributed by atoms with E-state index in [1.165, 1.54) is 6.42 Å². The second-order valence-corrected chi connectivity index (χ2v) is 5.20. The summed E-state index contributed by atoms with van der Waals surface area (Å²) in [6.45, 7) is 12.8. The molecule has 19 heavy (non-hydrogen) atoms. The van der Waals surface area contributed by atoms with E-state index in [-0.39, 0.29) is 64.1 Å². The van der Waals surface area contributed by atoms with Gasteiger partial charge < -0.3 is 10.2 Å². The number of carbonyl (C=O) groups is 1. The standard InChI is InChI=1S/C13H27N2O.C2H6.Rb/c1-11(2)13(16)6-8-14-10-12(3)7-9-15(4)5;1-2;/h11-12H,6-10H2,1-5H3;1-2H3;/q-1;;+1. The minimum Gasteiger partial charge on any atom is -0.662 e. The summed E-state index contributed by atoms with van der Waals surface area (Å²) in [6, 6.07) is 0. The number of ketones is 1. The Labute approximate surface area is 170 Å². The summed E-state index contributed by atoms with van der Waals surface area (Å²) < 4.78 is 0. The summed E-state index contributed by atoms with van der Waals surface area (Å²) in [5, 5.41) is 4.43. The number of rotatable bonds is 9. The van der Waals surface area contributed by atoms with E-state index in [1.807, 2.05) is 27.7 Å². The van der Waals surface area contributed by atoms with Gasteiger partial charge in [-0.25, -0.2) is 0 Å². The first-order valence-electron chi connectivity index (χ1n) is 7.24. The fraction of sp³-hybridized carbons (Fsp3) is 0.933. The number of Topliss-reactive ketones (excluding diaryl/α,β-unsaturated/α-hetero) is 1. The van der Waals surface area contributed by atoms with Gasteiger partial charge in [0.2, 0.25) is 0 Å². The van der Waals surface area contributed by atoms with Gasteiger partial charge in [-0.15, -0.1) is 13.1 Å². The molecule has 4 heteroatoms. The SMILES string of the molecule is CC.CC(CCN(C)C)C[N-]CCC(=O)C(C)C.[Rb+]. The van der Waals surface area contributed by atoms with Crippen LogP contribution in [0.15, 0.2) is 0 Å². The Morgan fingerprint density at radius 3 is 2.11 bits per heavy atom. The van der Waals surface area contributed by atoms with Gasteiger partial charge >= 0.3 is 58.2 Å². The average molecular weight is 343 g/mol. The fourth-order valence-corrected chi connectivity index (χ4v) is 1.36. The summed E-state index contributed by atoms with van der Waals surface area (Å²) in [7, 11) is 4.18. The van der Waals surface area contributed by atoms with Crippen LogP contribution in [0, 0.1) is 11.8 Å². The summed E-state index contributed by atoms with van der Waals surface area (Å²) >= 11 is 0. The molecular weight excluding hydrogens is 310 g/mol. The molecule has 3 nitrogen and oxygen atoms in total. The van der Waals surface area contributed by atoms with Gasteiger partial charge in [-0.3, -0.25) is 4.79 Å². The van der Waals surface area contributed by atoms with Crippen molar-refractivity contribution in [2.75, 3.05) is 33.7 Å². The van der Waals surface area contributed by atoms with Crippen molar-refractivity contribution in [1.29, 1.82) is 0 Å². The van der Waals surface area contributed by atoms with Crippen molar-refractivity contribution in [2.24, 2.45) is 11.8 Å². The van der Waals surface area contributed by atoms with Crippen LogP contribution in [0.4, 0.5) is 0 Å². The largest absolute Gasteiger partial charge is 1.00 e. The van der Waals surface area contributed by atoms with E-state index in [0.717, 1.165) is 13.1 Å². The molecule has 0 aromatic rings. The summed E-state index contributed by atoms with van der Waals surface area (Å²) in [5.74, 6) is 1.10. The van der Waals surface area contributed by atoms with Gasteiger partial charge in [-0.1, -0.05) is 40.5 Å². The van der Waals surface area contributed by atoms with Crippen LogP contribution in [0.5, 0.6) is 0 Å². The maximum absolute atomic E-state index is 11.3. The van der Waals surface area contributed by atoms with Crippen LogP contribution >= 0.6 is 0 Å². The molecule has 0 saturated carbocycles. The Bertz CT molecular complexity index is 197. The Balaban J connectivity index is -0.000000809. The molecule has 0 saturated heterocycles. The molecule has 0 N–H and O–H groups in total. The summed E-state index contributed by atoms with van der Waals surface area (Å²) in [4.78, 5) is 13.5. The molecule has 0 aromatic carbocycles. The quantitative estimate of drug-likeness (QED) is 0.575. The van der Waals surface area contributed by atoms with E-state index in [0.29, 0.717) is 24.7 Å². The Morgan fingerprint density at radius 1 is 1.16 bits per heavy atom. The van der Waals surface area contributed by atoms with Crippen LogP contribution in [0.2, 0.25) is 0 Å². The molecule has 0 aliphatic rings. The van der Waals surface area contributed by atoms with Crippen molar-refractivity contribution in [3.63, 3.8) is 0 Å². The molecule has 0 aliphatic carbocycles. The Kier molecular flexibility index (Phi) is 23.3. The Hall–Kier alpha value is 1.40. The van der Waals surface area contributed by atoms with Gasteiger partial charge in [-0.05, 0) is 33.5 Å². The van der Waals surface area contributed by atoms with E-state index in [1.54, 1.807) is 0 Å². The molecule has 110 valence electrons.